The largest absolute Gasteiger partial charge is 0.340 e. The highest BCUT2D eigenvalue weighted by Crippen LogP contribution is 2.40. The number of benzene rings is 4. The molecule has 1 N–H and O–H groups in total. The molecule has 1 aromatic heterocycles. The van der Waals surface area contributed by atoms with Crippen LogP contribution in [0.15, 0.2) is 115 Å². The summed E-state index contributed by atoms with van der Waals surface area (Å²) in [4.78, 5) is 0. The minimum atomic E-state index is 0.694. The molecule has 0 aliphatic heterocycles. The van der Waals surface area contributed by atoms with Crippen LogP contribution >= 0.6 is 11.6 Å². The summed E-state index contributed by atoms with van der Waals surface area (Å²) in [7, 11) is 0. The summed E-state index contributed by atoms with van der Waals surface area (Å²) in [5.74, 6) is 0.901. The maximum atomic E-state index is 6.15. The standard InChI is InChI=1S/C27H20ClN3/c28-22-16-18-24(19-17-22)31-27(29-23-14-8-3-9-15-23)25(20-10-4-1-5-11-20)26(30-31)21-12-6-2-7-13-21/h1-19,29H. The molecule has 0 unspecified atom stereocenters. The van der Waals surface area contributed by atoms with E-state index in [0.29, 0.717) is 5.02 Å². The molecule has 31 heavy (non-hydrogen) atoms. The quantitative estimate of drug-likeness (QED) is 0.316. The molecule has 0 fully saturated rings. The van der Waals surface area contributed by atoms with Crippen LogP contribution in [0.4, 0.5) is 11.5 Å². The molecule has 150 valence electrons. The highest BCUT2D eigenvalue weighted by atomic mass is 35.5. The third kappa shape index (κ3) is 3.96. The van der Waals surface area contributed by atoms with E-state index in [0.717, 1.165) is 39.6 Å². The Labute approximate surface area is 186 Å². The molecule has 5 rings (SSSR count). The normalized spacial score (nSPS) is 10.7. The first-order valence-electron chi connectivity index (χ1n) is 10.1. The summed E-state index contributed by atoms with van der Waals surface area (Å²) in [5, 5.41) is 9.37. The Bertz CT molecular complexity index is 1280. The van der Waals surface area contributed by atoms with Crippen LogP contribution in [-0.4, -0.2) is 9.78 Å². The number of rotatable bonds is 5. The van der Waals surface area contributed by atoms with Crippen molar-refractivity contribution in [3.05, 3.63) is 120 Å². The van der Waals surface area contributed by atoms with Crippen molar-refractivity contribution in [2.75, 3.05) is 5.32 Å². The first-order valence-corrected chi connectivity index (χ1v) is 10.5. The van der Waals surface area contributed by atoms with Gasteiger partial charge in [-0.15, -0.1) is 0 Å². The zero-order valence-electron chi connectivity index (χ0n) is 16.7. The number of hydrogen-bond acceptors (Lipinski definition) is 2. The van der Waals surface area contributed by atoms with Crippen LogP contribution in [-0.2, 0) is 0 Å². The van der Waals surface area contributed by atoms with Gasteiger partial charge in [0.2, 0.25) is 0 Å². The van der Waals surface area contributed by atoms with Gasteiger partial charge in [0.25, 0.3) is 0 Å². The number of para-hydroxylation sites is 1. The van der Waals surface area contributed by atoms with Crippen molar-refractivity contribution in [1.82, 2.24) is 9.78 Å². The first kappa shape index (κ1) is 19.2. The second kappa shape index (κ2) is 8.50. The van der Waals surface area contributed by atoms with Crippen LogP contribution in [0, 0.1) is 0 Å². The molecular formula is C27H20ClN3. The van der Waals surface area contributed by atoms with E-state index < -0.39 is 0 Å². The van der Waals surface area contributed by atoms with Gasteiger partial charge in [-0.1, -0.05) is 90.5 Å². The maximum absolute atomic E-state index is 6.15. The number of hydrogen-bond donors (Lipinski definition) is 1. The van der Waals surface area contributed by atoms with E-state index in [-0.39, 0.29) is 0 Å². The van der Waals surface area contributed by atoms with Gasteiger partial charge in [-0.05, 0) is 42.0 Å². The van der Waals surface area contributed by atoms with E-state index in [1.54, 1.807) is 0 Å². The summed E-state index contributed by atoms with van der Waals surface area (Å²) in [6.07, 6.45) is 0. The van der Waals surface area contributed by atoms with E-state index >= 15 is 0 Å². The molecule has 0 amide bonds. The molecule has 0 spiro atoms. The average molecular weight is 422 g/mol. The van der Waals surface area contributed by atoms with Crippen molar-refractivity contribution in [2.24, 2.45) is 0 Å². The third-order valence-electron chi connectivity index (χ3n) is 5.10. The highest BCUT2D eigenvalue weighted by molar-refractivity contribution is 6.30. The van der Waals surface area contributed by atoms with Crippen molar-refractivity contribution in [1.29, 1.82) is 0 Å². The van der Waals surface area contributed by atoms with Gasteiger partial charge in [0.1, 0.15) is 11.5 Å². The molecule has 0 radical (unpaired) electrons. The summed E-state index contributed by atoms with van der Waals surface area (Å²) in [5.41, 5.74) is 6.05. The lowest BCUT2D eigenvalue weighted by Gasteiger charge is -2.13. The first-order chi connectivity index (χ1) is 15.3. The summed E-state index contributed by atoms with van der Waals surface area (Å²) < 4.78 is 1.95. The van der Waals surface area contributed by atoms with Crippen LogP contribution in [0.3, 0.4) is 0 Å². The molecular weight excluding hydrogens is 402 g/mol. The van der Waals surface area contributed by atoms with Crippen molar-refractivity contribution < 1.29 is 0 Å². The van der Waals surface area contributed by atoms with Crippen molar-refractivity contribution in [3.8, 4) is 28.1 Å². The lowest BCUT2D eigenvalue weighted by molar-refractivity contribution is 0.892. The lowest BCUT2D eigenvalue weighted by Crippen LogP contribution is -2.03. The van der Waals surface area contributed by atoms with E-state index in [2.05, 4.69) is 53.8 Å². The van der Waals surface area contributed by atoms with Gasteiger partial charge in [-0.2, -0.15) is 5.10 Å². The lowest BCUT2D eigenvalue weighted by atomic mass is 10.0. The molecule has 0 saturated heterocycles. The molecule has 3 nitrogen and oxygen atoms in total. The zero-order chi connectivity index (χ0) is 21.0. The van der Waals surface area contributed by atoms with Gasteiger partial charge >= 0.3 is 0 Å². The van der Waals surface area contributed by atoms with Gasteiger partial charge in [0, 0.05) is 16.3 Å². The van der Waals surface area contributed by atoms with Gasteiger partial charge in [-0.3, -0.25) is 0 Å². The van der Waals surface area contributed by atoms with E-state index in [1.807, 2.05) is 71.4 Å². The minimum absolute atomic E-state index is 0.694. The van der Waals surface area contributed by atoms with Crippen LogP contribution in [0.1, 0.15) is 0 Å². The molecule has 1 heterocycles. The molecule has 0 aliphatic carbocycles. The molecule has 4 aromatic carbocycles. The summed E-state index contributed by atoms with van der Waals surface area (Å²) in [6, 6.07) is 38.5. The Balaban J connectivity index is 1.79. The second-order valence-electron chi connectivity index (χ2n) is 7.18. The predicted octanol–water partition coefficient (Wildman–Crippen LogP) is 7.60. The van der Waals surface area contributed by atoms with Crippen LogP contribution < -0.4 is 5.32 Å². The number of anilines is 2. The fraction of sp³-hybridized carbons (Fsp3) is 0. The fourth-order valence-corrected chi connectivity index (χ4v) is 3.76. The van der Waals surface area contributed by atoms with E-state index in [4.69, 9.17) is 16.7 Å². The number of nitrogens with zero attached hydrogens (tertiary/aromatic N) is 2. The molecule has 0 saturated carbocycles. The molecule has 0 atom stereocenters. The molecule has 0 bridgehead atoms. The van der Waals surface area contributed by atoms with E-state index in [1.165, 1.54) is 0 Å². The van der Waals surface area contributed by atoms with Crippen LogP contribution in [0.5, 0.6) is 0 Å². The Morgan fingerprint density at radius 3 is 1.77 bits per heavy atom. The monoisotopic (exact) mass is 421 g/mol. The summed E-state index contributed by atoms with van der Waals surface area (Å²) in [6.45, 7) is 0. The van der Waals surface area contributed by atoms with Gasteiger partial charge < -0.3 is 5.32 Å². The van der Waals surface area contributed by atoms with E-state index in [9.17, 15) is 0 Å². The zero-order valence-corrected chi connectivity index (χ0v) is 17.5. The van der Waals surface area contributed by atoms with Crippen molar-refractivity contribution >= 4 is 23.1 Å². The van der Waals surface area contributed by atoms with Crippen LogP contribution in [0.2, 0.25) is 5.02 Å². The minimum Gasteiger partial charge on any atom is -0.340 e. The Morgan fingerprint density at radius 2 is 1.16 bits per heavy atom. The average Bonchev–Trinajstić information content (AvgIpc) is 3.20. The maximum Gasteiger partial charge on any atom is 0.142 e. The molecule has 0 aliphatic rings. The third-order valence-corrected chi connectivity index (χ3v) is 5.35. The number of aromatic nitrogens is 2. The SMILES string of the molecule is Clc1ccc(-n2nc(-c3ccccc3)c(-c3ccccc3)c2Nc2ccccc2)cc1. The van der Waals surface area contributed by atoms with Gasteiger partial charge in [-0.25, -0.2) is 4.68 Å². The highest BCUT2D eigenvalue weighted by Gasteiger charge is 2.22. The predicted molar refractivity (Wildman–Crippen MR) is 129 cm³/mol. The Morgan fingerprint density at radius 1 is 0.613 bits per heavy atom. The van der Waals surface area contributed by atoms with Crippen molar-refractivity contribution in [2.45, 2.75) is 0 Å². The van der Waals surface area contributed by atoms with Crippen molar-refractivity contribution in [3.63, 3.8) is 0 Å². The smallest absolute Gasteiger partial charge is 0.142 e. The Hall–Kier alpha value is -3.82. The van der Waals surface area contributed by atoms with Gasteiger partial charge in [0.15, 0.2) is 0 Å². The topological polar surface area (TPSA) is 29.9 Å². The molecule has 4 heteroatoms. The number of nitrogens with one attached hydrogen (secondary N) is 1. The van der Waals surface area contributed by atoms with Gasteiger partial charge in [0.05, 0.1) is 11.3 Å². The summed E-state index contributed by atoms with van der Waals surface area (Å²) >= 11 is 6.15. The van der Waals surface area contributed by atoms with Crippen LogP contribution in [0.25, 0.3) is 28.1 Å². The number of halogens is 1. The molecule has 5 aromatic rings. The second-order valence-corrected chi connectivity index (χ2v) is 7.62. The Kier molecular flexibility index (Phi) is 5.26. The fourth-order valence-electron chi connectivity index (χ4n) is 3.64.